The average Bonchev–Trinajstić information content (AvgIpc) is 2.81. The second-order valence-electron chi connectivity index (χ2n) is 3.50. The molecular weight excluding hydrogens is 370 g/mol. The van der Waals surface area contributed by atoms with Crippen LogP contribution in [-0.4, -0.2) is 10.0 Å². The van der Waals surface area contributed by atoms with E-state index in [1.165, 1.54) is 12.1 Å². The number of aliphatic hydroxyl groups is 1. The minimum Gasteiger partial charge on any atom is -0.403 e. The number of nitrogens with zero attached hydrogens (tertiary/aromatic N) is 1. The van der Waals surface area contributed by atoms with Crippen LogP contribution in [0, 0.1) is 10.1 Å². The molecule has 0 aliphatic rings. The summed E-state index contributed by atoms with van der Waals surface area (Å²) in [6, 6.07) is 7.88. The maximum atomic E-state index is 10.5. The van der Waals surface area contributed by atoms with Gasteiger partial charge in [-0.1, -0.05) is 31.9 Å². The molecule has 1 atom stereocenters. The Kier molecular flexibility index (Phi) is 3.84. The van der Waals surface area contributed by atoms with Crippen molar-refractivity contribution in [1.29, 1.82) is 0 Å². The number of aliphatic hydroxyl groups excluding tert-OH is 1. The number of hydrogen-bond acceptors (Lipinski definition) is 4. The molecule has 18 heavy (non-hydrogen) atoms. The second-order valence-corrected chi connectivity index (χ2v) is 5.27. The Hall–Kier alpha value is -1.18. The van der Waals surface area contributed by atoms with E-state index in [0.717, 1.165) is 4.47 Å². The van der Waals surface area contributed by atoms with Crippen LogP contribution >= 0.6 is 31.9 Å². The zero-order valence-corrected chi connectivity index (χ0v) is 12.0. The minimum absolute atomic E-state index is 0.125. The summed E-state index contributed by atoms with van der Waals surface area (Å²) < 4.78 is 6.46. The van der Waals surface area contributed by atoms with Gasteiger partial charge in [0.15, 0.2) is 0 Å². The fraction of sp³-hybridized carbons (Fsp3) is 0.0909. The Bertz CT molecular complexity index is 596. The fourth-order valence-corrected chi connectivity index (χ4v) is 2.31. The lowest BCUT2D eigenvalue weighted by Gasteiger charge is -2.10. The normalized spacial score (nSPS) is 12.4. The van der Waals surface area contributed by atoms with E-state index in [-0.39, 0.29) is 5.76 Å². The Morgan fingerprint density at radius 1 is 1.28 bits per heavy atom. The molecule has 5 nitrogen and oxygen atoms in total. The van der Waals surface area contributed by atoms with Crippen molar-refractivity contribution in [3.05, 3.63) is 60.7 Å². The van der Waals surface area contributed by atoms with Gasteiger partial charge in [0.1, 0.15) is 16.8 Å². The molecule has 0 bridgehead atoms. The lowest BCUT2D eigenvalue weighted by Crippen LogP contribution is -1.99. The highest BCUT2D eigenvalue weighted by molar-refractivity contribution is 9.11. The van der Waals surface area contributed by atoms with Gasteiger partial charge in [0, 0.05) is 14.5 Å². The standard InChI is InChI=1S/C11H7Br2NO4/c12-6-1-2-8(13)7(5-6)11(15)9-3-4-10(18-9)14(16)17/h1-5,11,15H. The minimum atomic E-state index is -1.06. The van der Waals surface area contributed by atoms with Crippen LogP contribution in [0.2, 0.25) is 0 Å². The molecule has 1 heterocycles. The Labute approximate surface area is 119 Å². The fourth-order valence-electron chi connectivity index (χ4n) is 1.46. The third-order valence-corrected chi connectivity index (χ3v) is 3.53. The van der Waals surface area contributed by atoms with Gasteiger partial charge in [-0.3, -0.25) is 10.1 Å². The maximum Gasteiger partial charge on any atom is 0.433 e. The number of rotatable bonds is 3. The van der Waals surface area contributed by atoms with E-state index in [4.69, 9.17) is 4.42 Å². The molecule has 0 aliphatic carbocycles. The van der Waals surface area contributed by atoms with Gasteiger partial charge in [0.2, 0.25) is 0 Å². The topological polar surface area (TPSA) is 76.5 Å². The Morgan fingerprint density at radius 2 is 2.00 bits per heavy atom. The molecule has 0 spiro atoms. The van der Waals surface area contributed by atoms with Gasteiger partial charge in [-0.2, -0.15) is 0 Å². The summed E-state index contributed by atoms with van der Waals surface area (Å²) in [7, 11) is 0. The number of furan rings is 1. The molecule has 7 heteroatoms. The third-order valence-electron chi connectivity index (χ3n) is 2.31. The zero-order valence-electron chi connectivity index (χ0n) is 8.84. The van der Waals surface area contributed by atoms with Crippen molar-refractivity contribution in [3.8, 4) is 0 Å². The van der Waals surface area contributed by atoms with Crippen molar-refractivity contribution < 1.29 is 14.4 Å². The van der Waals surface area contributed by atoms with E-state index in [1.807, 2.05) is 6.07 Å². The maximum absolute atomic E-state index is 10.5. The summed E-state index contributed by atoms with van der Waals surface area (Å²) in [4.78, 5) is 9.86. The van der Waals surface area contributed by atoms with Crippen molar-refractivity contribution in [2.24, 2.45) is 0 Å². The lowest BCUT2D eigenvalue weighted by molar-refractivity contribution is -0.402. The quantitative estimate of drug-likeness (QED) is 0.653. The highest BCUT2D eigenvalue weighted by Crippen LogP contribution is 2.32. The van der Waals surface area contributed by atoms with Gasteiger partial charge in [-0.05, 0) is 24.3 Å². The summed E-state index contributed by atoms with van der Waals surface area (Å²) in [5.41, 5.74) is 0.564. The zero-order chi connectivity index (χ0) is 13.3. The molecule has 1 aromatic carbocycles. The predicted molar refractivity (Wildman–Crippen MR) is 71.3 cm³/mol. The monoisotopic (exact) mass is 375 g/mol. The van der Waals surface area contributed by atoms with Crippen LogP contribution in [0.15, 0.2) is 43.7 Å². The van der Waals surface area contributed by atoms with Crippen LogP contribution in [0.5, 0.6) is 0 Å². The molecule has 1 N–H and O–H groups in total. The van der Waals surface area contributed by atoms with Crippen molar-refractivity contribution in [1.82, 2.24) is 0 Å². The van der Waals surface area contributed by atoms with E-state index in [0.29, 0.717) is 10.0 Å². The molecule has 94 valence electrons. The van der Waals surface area contributed by atoms with Gasteiger partial charge < -0.3 is 9.52 Å². The van der Waals surface area contributed by atoms with E-state index >= 15 is 0 Å². The van der Waals surface area contributed by atoms with E-state index in [2.05, 4.69) is 31.9 Å². The number of benzene rings is 1. The van der Waals surface area contributed by atoms with E-state index in [9.17, 15) is 15.2 Å². The second kappa shape index (κ2) is 5.21. The Balaban J connectivity index is 2.37. The predicted octanol–water partition coefficient (Wildman–Crippen LogP) is 3.79. The molecule has 1 unspecified atom stereocenters. The number of hydrogen-bond donors (Lipinski definition) is 1. The summed E-state index contributed by atoms with van der Waals surface area (Å²) >= 11 is 6.60. The average molecular weight is 377 g/mol. The molecule has 0 aliphatic heterocycles. The van der Waals surface area contributed by atoms with Crippen molar-refractivity contribution in [2.45, 2.75) is 6.10 Å². The molecule has 0 radical (unpaired) electrons. The van der Waals surface area contributed by atoms with Crippen LogP contribution in [-0.2, 0) is 0 Å². The van der Waals surface area contributed by atoms with Gasteiger partial charge in [0.05, 0.1) is 6.07 Å². The summed E-state index contributed by atoms with van der Waals surface area (Å²) in [6.45, 7) is 0. The molecule has 2 rings (SSSR count). The van der Waals surface area contributed by atoms with Crippen molar-refractivity contribution in [3.63, 3.8) is 0 Å². The van der Waals surface area contributed by atoms with Gasteiger partial charge in [0.25, 0.3) is 0 Å². The van der Waals surface area contributed by atoms with Crippen LogP contribution in [0.25, 0.3) is 0 Å². The number of nitro groups is 1. The first-order chi connectivity index (χ1) is 8.49. The largest absolute Gasteiger partial charge is 0.433 e. The molecule has 0 saturated heterocycles. The highest BCUT2D eigenvalue weighted by Gasteiger charge is 2.21. The SMILES string of the molecule is O=[N+]([O-])c1ccc(C(O)c2cc(Br)ccc2Br)o1. The highest BCUT2D eigenvalue weighted by atomic mass is 79.9. The summed E-state index contributed by atoms with van der Waals surface area (Å²) in [6.07, 6.45) is -1.06. The number of halogens is 2. The summed E-state index contributed by atoms with van der Waals surface area (Å²) in [5.74, 6) is -0.268. The smallest absolute Gasteiger partial charge is 0.403 e. The first-order valence-electron chi connectivity index (χ1n) is 4.86. The van der Waals surface area contributed by atoms with Crippen LogP contribution in [0.1, 0.15) is 17.4 Å². The van der Waals surface area contributed by atoms with Crippen LogP contribution in [0.3, 0.4) is 0 Å². The molecule has 2 aromatic rings. The first kappa shape index (κ1) is 13.3. The summed E-state index contributed by atoms with van der Waals surface area (Å²) in [5, 5.41) is 20.6. The van der Waals surface area contributed by atoms with Gasteiger partial charge >= 0.3 is 5.88 Å². The van der Waals surface area contributed by atoms with Gasteiger partial charge in [-0.25, -0.2) is 0 Å². The molecular formula is C11H7Br2NO4. The Morgan fingerprint density at radius 3 is 2.61 bits per heavy atom. The lowest BCUT2D eigenvalue weighted by atomic mass is 10.1. The van der Waals surface area contributed by atoms with Crippen molar-refractivity contribution >= 4 is 37.7 Å². The molecule has 0 amide bonds. The van der Waals surface area contributed by atoms with E-state index in [1.54, 1.807) is 12.1 Å². The van der Waals surface area contributed by atoms with E-state index < -0.39 is 16.9 Å². The molecule has 0 fully saturated rings. The van der Waals surface area contributed by atoms with Crippen LogP contribution < -0.4 is 0 Å². The van der Waals surface area contributed by atoms with Gasteiger partial charge in [-0.15, -0.1) is 0 Å². The third kappa shape index (κ3) is 2.63. The van der Waals surface area contributed by atoms with Crippen molar-refractivity contribution in [2.75, 3.05) is 0 Å². The molecule has 1 aromatic heterocycles. The first-order valence-corrected chi connectivity index (χ1v) is 6.45. The molecule has 0 saturated carbocycles. The van der Waals surface area contributed by atoms with Crippen LogP contribution in [0.4, 0.5) is 5.88 Å².